The smallest absolute Gasteiger partial charge is 0.269 e. The van der Waals surface area contributed by atoms with E-state index < -0.39 is 30.5 Å². The van der Waals surface area contributed by atoms with Gasteiger partial charge in [-0.15, -0.1) is 11.3 Å². The van der Waals surface area contributed by atoms with Gasteiger partial charge in [0.25, 0.3) is 5.69 Å². The molecular weight excluding hydrogens is 488 g/mol. The number of anilines is 1. The summed E-state index contributed by atoms with van der Waals surface area (Å²) < 4.78 is 54.5. The minimum Gasteiger partial charge on any atom is -0.284 e. The second kappa shape index (κ2) is 8.82. The Morgan fingerprint density at radius 3 is 2.21 bits per heavy atom. The molecule has 2 aromatic carbocycles. The number of rotatable bonds is 7. The van der Waals surface area contributed by atoms with Crippen LogP contribution >= 0.6 is 11.3 Å². The van der Waals surface area contributed by atoms with Gasteiger partial charge in [0.15, 0.2) is 0 Å². The van der Waals surface area contributed by atoms with Crippen molar-refractivity contribution < 1.29 is 21.8 Å². The summed E-state index contributed by atoms with van der Waals surface area (Å²) >= 11 is 1.21. The van der Waals surface area contributed by atoms with E-state index in [2.05, 4.69) is 14.4 Å². The molecule has 176 valence electrons. The van der Waals surface area contributed by atoms with Crippen molar-refractivity contribution in [2.75, 3.05) is 11.0 Å². The SMILES string of the molecule is CC(C)(C)NS(=O)(=O)c1cc(NS(C)(=O)=O)ccc1-c1cnc(-c2ccc([N+](=O)[O-])cc2)s1. The van der Waals surface area contributed by atoms with Crippen molar-refractivity contribution in [1.82, 2.24) is 9.71 Å². The molecule has 0 aliphatic carbocycles. The first-order chi connectivity index (χ1) is 15.1. The van der Waals surface area contributed by atoms with Gasteiger partial charge < -0.3 is 0 Å². The molecule has 10 nitrogen and oxygen atoms in total. The first-order valence-corrected chi connectivity index (χ1v) is 13.7. The second-order valence-corrected chi connectivity index (χ2v) is 12.7. The summed E-state index contributed by atoms with van der Waals surface area (Å²) in [6.45, 7) is 5.09. The van der Waals surface area contributed by atoms with Crippen LogP contribution in [0.5, 0.6) is 0 Å². The van der Waals surface area contributed by atoms with E-state index in [1.54, 1.807) is 32.9 Å². The number of hydrogen-bond donors (Lipinski definition) is 2. The number of nitro groups is 1. The van der Waals surface area contributed by atoms with Gasteiger partial charge in [-0.05, 0) is 45.0 Å². The fourth-order valence-electron chi connectivity index (χ4n) is 2.94. The molecule has 0 aliphatic heterocycles. The van der Waals surface area contributed by atoms with E-state index in [4.69, 9.17) is 0 Å². The minimum atomic E-state index is -4.03. The van der Waals surface area contributed by atoms with Gasteiger partial charge in [-0.3, -0.25) is 14.8 Å². The number of non-ortho nitro benzene ring substituents is 1. The Hall–Kier alpha value is -2.87. The van der Waals surface area contributed by atoms with Crippen LogP contribution in [-0.2, 0) is 20.0 Å². The lowest BCUT2D eigenvalue weighted by molar-refractivity contribution is -0.384. The van der Waals surface area contributed by atoms with Crippen molar-refractivity contribution in [3.63, 3.8) is 0 Å². The highest BCUT2D eigenvalue weighted by Crippen LogP contribution is 2.37. The van der Waals surface area contributed by atoms with Crippen LogP contribution in [-0.4, -0.2) is 38.5 Å². The second-order valence-electron chi connectivity index (χ2n) is 8.27. The maximum Gasteiger partial charge on any atom is 0.269 e. The van der Waals surface area contributed by atoms with Crippen molar-refractivity contribution >= 4 is 42.8 Å². The zero-order chi connectivity index (χ0) is 24.6. The fraction of sp³-hybridized carbons (Fsp3) is 0.250. The molecule has 33 heavy (non-hydrogen) atoms. The van der Waals surface area contributed by atoms with Gasteiger partial charge >= 0.3 is 0 Å². The molecule has 0 spiro atoms. The summed E-state index contributed by atoms with van der Waals surface area (Å²) in [6.07, 6.45) is 2.48. The van der Waals surface area contributed by atoms with Crippen LogP contribution in [0.3, 0.4) is 0 Å². The molecule has 0 bridgehead atoms. The summed E-state index contributed by atoms with van der Waals surface area (Å²) in [5.41, 5.74) is 0.274. The van der Waals surface area contributed by atoms with E-state index in [1.807, 2.05) is 0 Å². The third-order valence-corrected chi connectivity index (χ3v) is 7.60. The molecule has 2 N–H and O–H groups in total. The largest absolute Gasteiger partial charge is 0.284 e. The average Bonchev–Trinajstić information content (AvgIpc) is 3.15. The maximum atomic E-state index is 13.2. The zero-order valence-electron chi connectivity index (χ0n) is 18.2. The quantitative estimate of drug-likeness (QED) is 0.362. The van der Waals surface area contributed by atoms with Gasteiger partial charge in [0.05, 0.1) is 21.0 Å². The molecule has 0 fully saturated rings. The Morgan fingerprint density at radius 1 is 1.03 bits per heavy atom. The summed E-state index contributed by atoms with van der Waals surface area (Å²) in [5, 5.41) is 11.4. The Bertz CT molecular complexity index is 1410. The number of sulfonamides is 2. The monoisotopic (exact) mass is 510 g/mol. The lowest BCUT2D eigenvalue weighted by Gasteiger charge is -2.22. The number of aromatic nitrogens is 1. The number of thiazole rings is 1. The Balaban J connectivity index is 2.09. The van der Waals surface area contributed by atoms with E-state index in [-0.39, 0.29) is 16.3 Å². The molecule has 1 aromatic heterocycles. The lowest BCUT2D eigenvalue weighted by atomic mass is 10.1. The van der Waals surface area contributed by atoms with Crippen molar-refractivity contribution in [3.05, 3.63) is 58.8 Å². The predicted molar refractivity (Wildman–Crippen MR) is 128 cm³/mol. The van der Waals surface area contributed by atoms with Crippen molar-refractivity contribution in [3.8, 4) is 21.0 Å². The van der Waals surface area contributed by atoms with Crippen LogP contribution in [0.25, 0.3) is 21.0 Å². The highest BCUT2D eigenvalue weighted by Gasteiger charge is 2.26. The van der Waals surface area contributed by atoms with E-state index in [1.165, 1.54) is 47.9 Å². The Kier molecular flexibility index (Phi) is 6.62. The summed E-state index contributed by atoms with van der Waals surface area (Å²) in [5.74, 6) is 0. The van der Waals surface area contributed by atoms with Crippen LogP contribution in [0.4, 0.5) is 11.4 Å². The molecule has 0 atom stereocenters. The maximum absolute atomic E-state index is 13.2. The lowest BCUT2D eigenvalue weighted by Crippen LogP contribution is -2.40. The molecule has 0 radical (unpaired) electrons. The van der Waals surface area contributed by atoms with E-state index in [9.17, 15) is 26.9 Å². The number of nitrogens with zero attached hydrogens (tertiary/aromatic N) is 2. The van der Waals surface area contributed by atoms with Gasteiger partial charge in [0.1, 0.15) is 5.01 Å². The van der Waals surface area contributed by atoms with Gasteiger partial charge in [-0.2, -0.15) is 0 Å². The molecule has 0 saturated carbocycles. The molecule has 0 aliphatic rings. The van der Waals surface area contributed by atoms with Crippen molar-refractivity contribution in [2.45, 2.75) is 31.2 Å². The van der Waals surface area contributed by atoms with Gasteiger partial charge in [-0.25, -0.2) is 26.5 Å². The number of benzene rings is 2. The molecule has 3 rings (SSSR count). The molecule has 3 aromatic rings. The summed E-state index contributed by atoms with van der Waals surface area (Å²) in [6, 6.07) is 10.1. The first kappa shape index (κ1) is 24.8. The summed E-state index contributed by atoms with van der Waals surface area (Å²) in [4.78, 5) is 15.1. The third-order valence-electron chi connectivity index (χ3n) is 4.11. The van der Waals surface area contributed by atoms with E-state index in [0.717, 1.165) is 6.26 Å². The van der Waals surface area contributed by atoms with Gasteiger partial charge in [0, 0.05) is 40.7 Å². The third kappa shape index (κ3) is 6.35. The number of nitro benzene ring substituents is 1. The normalized spacial score (nSPS) is 12.5. The molecular formula is C20H22N4O6S3. The predicted octanol–water partition coefficient (Wildman–Crippen LogP) is 3.83. The van der Waals surface area contributed by atoms with Crippen LogP contribution in [0.2, 0.25) is 0 Å². The standard InChI is InChI=1S/C20H22N4O6S3/c1-20(2,3)23-33(29,30)18-11-14(22-32(4,27)28)7-10-16(18)17-12-21-19(31-17)13-5-8-15(9-6-13)24(25)26/h5-12,22-23H,1-4H3. The first-order valence-electron chi connectivity index (χ1n) is 9.51. The van der Waals surface area contributed by atoms with Crippen LogP contribution in [0.1, 0.15) is 20.8 Å². The highest BCUT2D eigenvalue weighted by atomic mass is 32.2. The van der Waals surface area contributed by atoms with Crippen LogP contribution < -0.4 is 9.44 Å². The number of hydrogen-bond acceptors (Lipinski definition) is 8. The van der Waals surface area contributed by atoms with Crippen LogP contribution in [0.15, 0.2) is 53.6 Å². The van der Waals surface area contributed by atoms with Gasteiger partial charge in [0.2, 0.25) is 20.0 Å². The van der Waals surface area contributed by atoms with E-state index in [0.29, 0.717) is 21.0 Å². The molecule has 13 heteroatoms. The topological polar surface area (TPSA) is 148 Å². The van der Waals surface area contributed by atoms with Crippen LogP contribution in [0, 0.1) is 10.1 Å². The zero-order valence-corrected chi connectivity index (χ0v) is 20.6. The molecule has 0 unspecified atom stereocenters. The minimum absolute atomic E-state index is 0.0499. The van der Waals surface area contributed by atoms with Crippen molar-refractivity contribution in [1.29, 1.82) is 0 Å². The Morgan fingerprint density at radius 2 is 1.67 bits per heavy atom. The van der Waals surface area contributed by atoms with E-state index >= 15 is 0 Å². The van der Waals surface area contributed by atoms with Crippen molar-refractivity contribution in [2.24, 2.45) is 0 Å². The molecule has 0 saturated heterocycles. The highest BCUT2D eigenvalue weighted by molar-refractivity contribution is 7.92. The van der Waals surface area contributed by atoms with Gasteiger partial charge in [-0.1, -0.05) is 6.07 Å². The average molecular weight is 511 g/mol. The molecule has 0 amide bonds. The summed E-state index contributed by atoms with van der Waals surface area (Å²) in [7, 11) is -7.64. The Labute approximate surface area is 196 Å². The molecule has 1 heterocycles. The fourth-order valence-corrected chi connectivity index (χ4v) is 6.19. The number of nitrogens with one attached hydrogen (secondary N) is 2.